The van der Waals surface area contributed by atoms with E-state index in [9.17, 15) is 12.8 Å². The number of sulfonamides is 1. The molecule has 0 bridgehead atoms. The van der Waals surface area contributed by atoms with Gasteiger partial charge in [-0.2, -0.15) is 0 Å². The molecule has 106 valence electrons. The number of hydrazine groups is 1. The highest BCUT2D eigenvalue weighted by Crippen LogP contribution is 2.22. The molecule has 0 aromatic carbocycles. The zero-order valence-electron chi connectivity index (χ0n) is 11.0. The minimum Gasteiger partial charge on any atom is -0.241 e. The van der Waals surface area contributed by atoms with Crippen molar-refractivity contribution in [2.45, 2.75) is 50.2 Å². The molecular weight excluding hydrogens is 269 g/mol. The van der Waals surface area contributed by atoms with E-state index in [0.29, 0.717) is 0 Å². The summed E-state index contributed by atoms with van der Waals surface area (Å²) in [4.78, 5) is 6.07. The van der Waals surface area contributed by atoms with Crippen LogP contribution in [0.15, 0.2) is 23.4 Å². The Labute approximate surface area is 112 Å². The number of hydrogen-bond acceptors (Lipinski definition) is 4. The summed E-state index contributed by atoms with van der Waals surface area (Å²) in [7, 11) is -3.97. The highest BCUT2D eigenvalue weighted by atomic mass is 32.2. The van der Waals surface area contributed by atoms with Crippen LogP contribution in [0.3, 0.4) is 0 Å². The first kappa shape index (κ1) is 14.4. The monoisotopic (exact) mass is 287 g/mol. The number of pyridine rings is 1. The SMILES string of the molecule is CC1CCCC(C)N1NS(=O)(=O)c1ncccc1F. The fourth-order valence-electron chi connectivity index (χ4n) is 2.35. The van der Waals surface area contributed by atoms with Crippen LogP contribution in [-0.2, 0) is 10.0 Å². The van der Waals surface area contributed by atoms with Gasteiger partial charge < -0.3 is 0 Å². The third-order valence-corrected chi connectivity index (χ3v) is 4.66. The quantitative estimate of drug-likeness (QED) is 0.918. The number of halogens is 1. The molecule has 0 radical (unpaired) electrons. The van der Waals surface area contributed by atoms with E-state index in [1.165, 1.54) is 12.3 Å². The molecule has 2 rings (SSSR count). The van der Waals surface area contributed by atoms with Crippen LogP contribution < -0.4 is 4.83 Å². The molecule has 1 saturated heterocycles. The summed E-state index contributed by atoms with van der Waals surface area (Å²) >= 11 is 0. The first-order valence-corrected chi connectivity index (χ1v) is 7.81. The Morgan fingerprint density at radius 1 is 1.37 bits per heavy atom. The average Bonchev–Trinajstić information content (AvgIpc) is 2.34. The Bertz CT molecular complexity index is 540. The fraction of sp³-hybridized carbons (Fsp3) is 0.583. The van der Waals surface area contributed by atoms with Gasteiger partial charge in [-0.15, -0.1) is 4.83 Å². The van der Waals surface area contributed by atoms with Gasteiger partial charge in [-0.3, -0.25) is 0 Å². The molecule has 0 amide bonds. The molecule has 2 unspecified atom stereocenters. The molecule has 5 nitrogen and oxygen atoms in total. The van der Waals surface area contributed by atoms with Crippen molar-refractivity contribution in [2.75, 3.05) is 0 Å². The first-order chi connectivity index (χ1) is 8.92. The molecule has 1 N–H and O–H groups in total. The van der Waals surface area contributed by atoms with E-state index in [1.54, 1.807) is 5.01 Å². The second-order valence-corrected chi connectivity index (χ2v) is 6.50. The fourth-order valence-corrected chi connectivity index (χ4v) is 3.60. The van der Waals surface area contributed by atoms with Crippen molar-refractivity contribution in [3.05, 3.63) is 24.1 Å². The van der Waals surface area contributed by atoms with Crippen LogP contribution in [0.5, 0.6) is 0 Å². The molecule has 1 aromatic heterocycles. The van der Waals surface area contributed by atoms with Gasteiger partial charge in [0, 0.05) is 18.3 Å². The predicted molar refractivity (Wildman–Crippen MR) is 69.1 cm³/mol. The standard InChI is InChI=1S/C12H18FN3O2S/c1-9-5-3-6-10(2)16(9)15-19(17,18)12-11(13)7-4-8-14-12/h4,7-10,15H,3,5-6H2,1-2H3. The molecule has 0 saturated carbocycles. The Hall–Kier alpha value is -1.05. The molecule has 1 aliphatic heterocycles. The highest BCUT2D eigenvalue weighted by molar-refractivity contribution is 7.89. The minimum absolute atomic E-state index is 0.0882. The lowest BCUT2D eigenvalue weighted by molar-refractivity contribution is 0.0788. The maximum Gasteiger partial charge on any atom is 0.273 e. The lowest BCUT2D eigenvalue weighted by Crippen LogP contribution is -2.54. The van der Waals surface area contributed by atoms with Gasteiger partial charge >= 0.3 is 0 Å². The Morgan fingerprint density at radius 2 is 2.00 bits per heavy atom. The Morgan fingerprint density at radius 3 is 2.58 bits per heavy atom. The number of nitrogens with zero attached hydrogens (tertiary/aromatic N) is 2. The van der Waals surface area contributed by atoms with E-state index < -0.39 is 20.9 Å². The highest BCUT2D eigenvalue weighted by Gasteiger charge is 2.30. The molecule has 19 heavy (non-hydrogen) atoms. The molecule has 0 aliphatic carbocycles. The van der Waals surface area contributed by atoms with Gasteiger partial charge in [-0.1, -0.05) is 6.42 Å². The number of hydrogen-bond donors (Lipinski definition) is 1. The van der Waals surface area contributed by atoms with Gasteiger partial charge in [0.05, 0.1) is 0 Å². The van der Waals surface area contributed by atoms with Crippen molar-refractivity contribution < 1.29 is 12.8 Å². The summed E-state index contributed by atoms with van der Waals surface area (Å²) in [6.45, 7) is 3.90. The third-order valence-electron chi connectivity index (χ3n) is 3.40. The summed E-state index contributed by atoms with van der Waals surface area (Å²) in [5.74, 6) is -0.840. The first-order valence-electron chi connectivity index (χ1n) is 6.33. The number of piperidine rings is 1. The topological polar surface area (TPSA) is 62.3 Å². The maximum atomic E-state index is 13.5. The molecular formula is C12H18FN3O2S. The van der Waals surface area contributed by atoms with E-state index in [2.05, 4.69) is 9.82 Å². The molecule has 7 heteroatoms. The lowest BCUT2D eigenvalue weighted by atomic mass is 10.0. The third kappa shape index (κ3) is 3.10. The van der Waals surface area contributed by atoms with Gasteiger partial charge in [0.2, 0.25) is 5.03 Å². The second kappa shape index (κ2) is 5.52. The van der Waals surface area contributed by atoms with Gasteiger partial charge in [0.15, 0.2) is 5.82 Å². The van der Waals surface area contributed by atoms with E-state index in [4.69, 9.17) is 0 Å². The van der Waals surface area contributed by atoms with Gasteiger partial charge in [-0.25, -0.2) is 22.8 Å². The van der Waals surface area contributed by atoms with Crippen LogP contribution in [0.25, 0.3) is 0 Å². The van der Waals surface area contributed by atoms with Crippen LogP contribution in [0.1, 0.15) is 33.1 Å². The van der Waals surface area contributed by atoms with Crippen molar-refractivity contribution in [3.8, 4) is 0 Å². The summed E-state index contributed by atoms with van der Waals surface area (Å²) < 4.78 is 37.8. The van der Waals surface area contributed by atoms with Crippen LogP contribution in [0, 0.1) is 5.82 Å². The van der Waals surface area contributed by atoms with E-state index in [0.717, 1.165) is 25.3 Å². The maximum absolute atomic E-state index is 13.5. The average molecular weight is 287 g/mol. The van der Waals surface area contributed by atoms with Crippen LogP contribution in [0.2, 0.25) is 0 Å². The summed E-state index contributed by atoms with van der Waals surface area (Å²) in [5.41, 5.74) is 0. The molecule has 0 spiro atoms. The van der Waals surface area contributed by atoms with E-state index in [1.807, 2.05) is 13.8 Å². The van der Waals surface area contributed by atoms with Crippen LogP contribution in [-0.4, -0.2) is 30.5 Å². The molecule has 1 fully saturated rings. The second-order valence-electron chi connectivity index (χ2n) is 4.92. The van der Waals surface area contributed by atoms with Gasteiger partial charge in [-0.05, 0) is 38.8 Å². The number of aromatic nitrogens is 1. The summed E-state index contributed by atoms with van der Waals surface area (Å²) in [6, 6.07) is 2.63. The van der Waals surface area contributed by atoms with Gasteiger partial charge in [0.25, 0.3) is 10.0 Å². The molecule has 2 heterocycles. The summed E-state index contributed by atoms with van der Waals surface area (Å²) in [5, 5.41) is 1.12. The van der Waals surface area contributed by atoms with E-state index >= 15 is 0 Å². The largest absolute Gasteiger partial charge is 0.273 e. The number of rotatable bonds is 3. The van der Waals surface area contributed by atoms with Crippen LogP contribution in [0.4, 0.5) is 4.39 Å². The van der Waals surface area contributed by atoms with Crippen molar-refractivity contribution in [1.29, 1.82) is 0 Å². The van der Waals surface area contributed by atoms with Crippen LogP contribution >= 0.6 is 0 Å². The zero-order valence-corrected chi connectivity index (χ0v) is 11.8. The smallest absolute Gasteiger partial charge is 0.241 e. The summed E-state index contributed by atoms with van der Waals surface area (Å²) in [6.07, 6.45) is 4.16. The molecule has 2 atom stereocenters. The lowest BCUT2D eigenvalue weighted by Gasteiger charge is -2.38. The molecule has 1 aromatic rings. The Balaban J connectivity index is 2.24. The molecule has 1 aliphatic rings. The van der Waals surface area contributed by atoms with Gasteiger partial charge in [0.1, 0.15) is 0 Å². The zero-order chi connectivity index (χ0) is 14.0. The number of nitrogens with one attached hydrogen (secondary N) is 1. The van der Waals surface area contributed by atoms with Crippen molar-refractivity contribution in [3.63, 3.8) is 0 Å². The van der Waals surface area contributed by atoms with Crippen molar-refractivity contribution in [2.24, 2.45) is 0 Å². The predicted octanol–water partition coefficient (Wildman–Crippen LogP) is 1.68. The van der Waals surface area contributed by atoms with E-state index in [-0.39, 0.29) is 12.1 Å². The van der Waals surface area contributed by atoms with Crippen molar-refractivity contribution in [1.82, 2.24) is 14.8 Å². The van der Waals surface area contributed by atoms with Crippen molar-refractivity contribution >= 4 is 10.0 Å². The Kier molecular flexibility index (Phi) is 4.17. The minimum atomic E-state index is -3.97. The normalized spacial score (nSPS) is 25.4.